The fourth-order valence-electron chi connectivity index (χ4n) is 4.55. The molecule has 2 unspecified atom stereocenters. The van der Waals surface area contributed by atoms with Crippen LogP contribution >= 0.6 is 0 Å². The molecule has 2 N–H and O–H groups in total. The molecule has 0 amide bonds. The van der Waals surface area contributed by atoms with Crippen molar-refractivity contribution in [3.8, 4) is 0 Å². The Labute approximate surface area is 187 Å². The van der Waals surface area contributed by atoms with Crippen molar-refractivity contribution in [3.05, 3.63) is 56.8 Å². The van der Waals surface area contributed by atoms with Gasteiger partial charge in [0.15, 0.2) is 6.29 Å². The highest BCUT2D eigenvalue weighted by atomic mass is 16.7. The summed E-state index contributed by atoms with van der Waals surface area (Å²) in [4.78, 5) is 7.84. The molecule has 0 aromatic heterocycles. The van der Waals surface area contributed by atoms with Crippen LogP contribution in [0, 0.1) is 5.92 Å². The fourth-order valence-corrected chi connectivity index (χ4v) is 4.55. The average Bonchev–Trinajstić information content (AvgIpc) is 2.77. The SMILES string of the molecule is C[C@H]1CC(N=[N+]=[N-])[C@H](O)[C@@H](O)[C@@H]1O[C@H]1O[C@H](CN(C)Cc2ccccc2)CCC1N=[N+]=[N-]. The summed E-state index contributed by atoms with van der Waals surface area (Å²) in [5, 5.41) is 28.4. The Kier molecular flexibility index (Phi) is 8.72. The highest BCUT2D eigenvalue weighted by molar-refractivity contribution is 5.14. The van der Waals surface area contributed by atoms with E-state index >= 15 is 0 Å². The second kappa shape index (κ2) is 11.5. The number of aliphatic hydroxyl groups excluding tert-OH is 2. The molecule has 1 aliphatic carbocycles. The van der Waals surface area contributed by atoms with E-state index in [1.807, 2.05) is 32.2 Å². The maximum absolute atomic E-state index is 10.6. The van der Waals surface area contributed by atoms with E-state index in [0.717, 1.165) is 6.54 Å². The maximum Gasteiger partial charge on any atom is 0.166 e. The first kappa shape index (κ1) is 24.3. The molecule has 11 heteroatoms. The molecular weight excluding hydrogens is 414 g/mol. The largest absolute Gasteiger partial charge is 0.390 e. The minimum atomic E-state index is -1.24. The van der Waals surface area contributed by atoms with Gasteiger partial charge in [0.2, 0.25) is 0 Å². The lowest BCUT2D eigenvalue weighted by Crippen LogP contribution is -2.56. The molecule has 1 aromatic rings. The highest BCUT2D eigenvalue weighted by Crippen LogP contribution is 2.33. The summed E-state index contributed by atoms with van der Waals surface area (Å²) in [6.07, 6.45) is -2.50. The van der Waals surface area contributed by atoms with Crippen LogP contribution in [0.2, 0.25) is 0 Å². The van der Waals surface area contributed by atoms with Crippen molar-refractivity contribution in [2.75, 3.05) is 13.6 Å². The van der Waals surface area contributed by atoms with E-state index in [9.17, 15) is 10.2 Å². The number of likely N-dealkylation sites (N-methyl/N-ethyl adjacent to an activating group) is 1. The van der Waals surface area contributed by atoms with Crippen LogP contribution in [0.15, 0.2) is 40.6 Å². The van der Waals surface area contributed by atoms with E-state index in [2.05, 4.69) is 37.1 Å². The number of hydrogen-bond acceptors (Lipinski definition) is 7. The minimum Gasteiger partial charge on any atom is -0.390 e. The molecule has 174 valence electrons. The highest BCUT2D eigenvalue weighted by Gasteiger charge is 2.45. The molecule has 0 bridgehead atoms. The van der Waals surface area contributed by atoms with Gasteiger partial charge in [-0.15, -0.1) is 0 Å². The molecule has 2 fully saturated rings. The van der Waals surface area contributed by atoms with Crippen LogP contribution in [0.25, 0.3) is 20.9 Å². The van der Waals surface area contributed by atoms with Gasteiger partial charge in [-0.25, -0.2) is 0 Å². The van der Waals surface area contributed by atoms with Gasteiger partial charge >= 0.3 is 0 Å². The smallest absolute Gasteiger partial charge is 0.166 e. The summed E-state index contributed by atoms with van der Waals surface area (Å²) < 4.78 is 12.3. The van der Waals surface area contributed by atoms with E-state index in [1.54, 1.807) is 0 Å². The fraction of sp³-hybridized carbons (Fsp3) is 0.714. The maximum atomic E-state index is 10.6. The molecule has 1 aromatic carbocycles. The topological polar surface area (TPSA) is 160 Å². The van der Waals surface area contributed by atoms with Crippen LogP contribution in [-0.2, 0) is 16.0 Å². The van der Waals surface area contributed by atoms with Crippen molar-refractivity contribution in [1.29, 1.82) is 0 Å². The Morgan fingerprint density at radius 3 is 2.47 bits per heavy atom. The predicted octanol–water partition coefficient (Wildman–Crippen LogP) is 3.13. The van der Waals surface area contributed by atoms with E-state index < -0.39 is 36.7 Å². The van der Waals surface area contributed by atoms with Gasteiger partial charge < -0.3 is 19.7 Å². The van der Waals surface area contributed by atoms with Gasteiger partial charge in [-0.2, -0.15) is 0 Å². The second-order valence-corrected chi connectivity index (χ2v) is 8.73. The molecule has 0 radical (unpaired) electrons. The number of ether oxygens (including phenoxy) is 2. The number of nitrogens with zero attached hydrogens (tertiary/aromatic N) is 7. The average molecular weight is 446 g/mol. The van der Waals surface area contributed by atoms with Crippen LogP contribution in [0.3, 0.4) is 0 Å². The van der Waals surface area contributed by atoms with Gasteiger partial charge in [-0.3, -0.25) is 4.90 Å². The number of hydrogen-bond donors (Lipinski definition) is 2. The molecular formula is C21H31N7O4. The molecule has 0 spiro atoms. The lowest BCUT2D eigenvalue weighted by Gasteiger charge is -2.44. The Balaban J connectivity index is 1.64. The number of benzene rings is 1. The van der Waals surface area contributed by atoms with E-state index in [4.69, 9.17) is 20.5 Å². The van der Waals surface area contributed by atoms with E-state index in [1.165, 1.54) is 5.56 Å². The quantitative estimate of drug-likeness (QED) is 0.356. The van der Waals surface area contributed by atoms with Gasteiger partial charge in [-0.1, -0.05) is 47.5 Å². The first-order valence-corrected chi connectivity index (χ1v) is 10.9. The summed E-state index contributed by atoms with van der Waals surface area (Å²) in [6.45, 7) is 3.30. The minimum absolute atomic E-state index is 0.129. The first-order chi connectivity index (χ1) is 15.4. The van der Waals surface area contributed by atoms with Crippen molar-refractivity contribution in [2.24, 2.45) is 16.1 Å². The summed E-state index contributed by atoms with van der Waals surface area (Å²) >= 11 is 0. The monoisotopic (exact) mass is 445 g/mol. The Morgan fingerprint density at radius 2 is 1.78 bits per heavy atom. The lowest BCUT2D eigenvalue weighted by molar-refractivity contribution is -0.261. The number of rotatable bonds is 8. The Morgan fingerprint density at radius 1 is 1.09 bits per heavy atom. The molecule has 32 heavy (non-hydrogen) atoms. The van der Waals surface area contributed by atoms with Crippen LogP contribution < -0.4 is 0 Å². The zero-order valence-corrected chi connectivity index (χ0v) is 18.4. The normalized spacial score (nSPS) is 35.0. The van der Waals surface area contributed by atoms with Crippen LogP contribution in [-0.4, -0.2) is 71.5 Å². The van der Waals surface area contributed by atoms with Crippen LogP contribution in [0.5, 0.6) is 0 Å². The van der Waals surface area contributed by atoms with E-state index in [0.29, 0.717) is 25.8 Å². The molecule has 11 nitrogen and oxygen atoms in total. The van der Waals surface area contributed by atoms with Gasteiger partial charge in [0.1, 0.15) is 6.10 Å². The van der Waals surface area contributed by atoms with Gasteiger partial charge in [0.05, 0.1) is 30.4 Å². The number of aliphatic hydroxyl groups is 2. The third-order valence-electron chi connectivity index (χ3n) is 6.18. The number of azide groups is 2. The van der Waals surface area contributed by atoms with Crippen molar-refractivity contribution in [1.82, 2.24) is 4.90 Å². The van der Waals surface area contributed by atoms with Crippen LogP contribution in [0.1, 0.15) is 31.7 Å². The zero-order chi connectivity index (χ0) is 23.1. The second-order valence-electron chi connectivity index (χ2n) is 8.73. The zero-order valence-electron chi connectivity index (χ0n) is 18.4. The molecule has 1 aliphatic heterocycles. The molecule has 2 aliphatic rings. The molecule has 1 saturated carbocycles. The van der Waals surface area contributed by atoms with E-state index in [-0.39, 0.29) is 12.0 Å². The van der Waals surface area contributed by atoms with Crippen LogP contribution in [0.4, 0.5) is 0 Å². The summed E-state index contributed by atoms with van der Waals surface area (Å²) in [5.74, 6) is -0.194. The van der Waals surface area contributed by atoms with Crippen molar-refractivity contribution >= 4 is 0 Å². The van der Waals surface area contributed by atoms with Gasteiger partial charge in [0.25, 0.3) is 0 Å². The van der Waals surface area contributed by atoms with Crippen molar-refractivity contribution < 1.29 is 19.7 Å². The molecule has 1 saturated heterocycles. The molecule has 3 rings (SSSR count). The third-order valence-corrected chi connectivity index (χ3v) is 6.18. The van der Waals surface area contributed by atoms with Gasteiger partial charge in [0, 0.05) is 22.9 Å². The molecule has 8 atom stereocenters. The summed E-state index contributed by atoms with van der Waals surface area (Å²) in [6, 6.07) is 8.90. The first-order valence-electron chi connectivity index (χ1n) is 10.9. The lowest BCUT2D eigenvalue weighted by atomic mass is 9.80. The van der Waals surface area contributed by atoms with Crippen molar-refractivity contribution in [2.45, 2.75) is 75.5 Å². The predicted molar refractivity (Wildman–Crippen MR) is 117 cm³/mol. The molecule has 1 heterocycles. The Bertz CT molecular complexity index is 831. The summed E-state index contributed by atoms with van der Waals surface area (Å²) in [7, 11) is 2.02. The van der Waals surface area contributed by atoms with Gasteiger partial charge in [-0.05, 0) is 48.9 Å². The van der Waals surface area contributed by atoms with Crippen molar-refractivity contribution in [3.63, 3.8) is 0 Å². The Hall–Kier alpha value is -2.36. The summed E-state index contributed by atoms with van der Waals surface area (Å²) in [5.41, 5.74) is 18.9. The third kappa shape index (κ3) is 6.11. The standard InChI is InChI=1S/C21H31N7O4/c1-13-10-17(25-27-23)18(29)19(30)20(13)32-21-16(24-26-22)9-8-15(31-21)12-28(2)11-14-6-4-3-5-7-14/h3-7,13,15-21,29-30H,8-12H2,1-2H3/t13-,15-,16?,17?,18-,19+,20+,21+/m0/s1.